The summed E-state index contributed by atoms with van der Waals surface area (Å²) in [5.41, 5.74) is 2.48. The maximum atomic E-state index is 12.1. The molecule has 0 aliphatic carbocycles. The smallest absolute Gasteiger partial charge is 0.220 e. The molecule has 0 radical (unpaired) electrons. The van der Waals surface area contributed by atoms with Gasteiger partial charge in [-0.15, -0.1) is 11.3 Å². The molecule has 3 aromatic rings. The number of phenols is 2. The van der Waals surface area contributed by atoms with Gasteiger partial charge in [-0.05, 0) is 42.3 Å². The second-order valence-corrected chi connectivity index (χ2v) is 6.90. The highest BCUT2D eigenvalue weighted by Crippen LogP contribution is 2.31. The summed E-state index contributed by atoms with van der Waals surface area (Å²) in [4.78, 5) is 16.5. The van der Waals surface area contributed by atoms with Crippen LogP contribution in [0.3, 0.4) is 0 Å². The van der Waals surface area contributed by atoms with Crippen LogP contribution in [0.15, 0.2) is 47.8 Å². The molecular formula is C20H20N2O4S. The van der Waals surface area contributed by atoms with Gasteiger partial charge < -0.3 is 20.3 Å². The fourth-order valence-corrected chi connectivity index (χ4v) is 3.26. The number of aromatic nitrogens is 1. The number of carbonyl (C=O) groups excluding carboxylic acids is 1. The molecule has 7 heteroatoms. The molecule has 1 heterocycles. The third-order valence-electron chi connectivity index (χ3n) is 4.06. The minimum absolute atomic E-state index is 0.0372. The lowest BCUT2D eigenvalue weighted by Crippen LogP contribution is -2.22. The van der Waals surface area contributed by atoms with Crippen molar-refractivity contribution in [2.75, 3.05) is 7.11 Å². The average molecular weight is 384 g/mol. The Labute approximate surface area is 161 Å². The molecule has 0 unspecified atom stereocenters. The molecule has 0 saturated carbocycles. The summed E-state index contributed by atoms with van der Waals surface area (Å²) in [6, 6.07) is 12.2. The summed E-state index contributed by atoms with van der Waals surface area (Å²) in [5.74, 6) is 0.404. The van der Waals surface area contributed by atoms with E-state index in [0.717, 1.165) is 16.3 Å². The summed E-state index contributed by atoms with van der Waals surface area (Å²) in [7, 11) is 1.62. The fraction of sp³-hybridized carbons (Fsp3) is 0.200. The van der Waals surface area contributed by atoms with Gasteiger partial charge in [0.15, 0.2) is 11.5 Å². The zero-order chi connectivity index (χ0) is 19.2. The van der Waals surface area contributed by atoms with E-state index in [9.17, 15) is 15.0 Å². The highest BCUT2D eigenvalue weighted by molar-refractivity contribution is 7.09. The molecule has 1 aromatic heterocycles. The van der Waals surface area contributed by atoms with Gasteiger partial charge in [0.2, 0.25) is 5.91 Å². The van der Waals surface area contributed by atoms with E-state index in [1.54, 1.807) is 13.2 Å². The number of phenolic OH excluding ortho intramolecular Hbond substituents is 2. The first kappa shape index (κ1) is 18.7. The fourth-order valence-electron chi connectivity index (χ4n) is 2.52. The van der Waals surface area contributed by atoms with Gasteiger partial charge >= 0.3 is 0 Å². The lowest BCUT2D eigenvalue weighted by Gasteiger charge is -2.05. The zero-order valence-electron chi connectivity index (χ0n) is 14.8. The molecule has 3 N–H and O–H groups in total. The Morgan fingerprint density at radius 1 is 1.15 bits per heavy atom. The van der Waals surface area contributed by atoms with Gasteiger partial charge in [-0.3, -0.25) is 4.79 Å². The lowest BCUT2D eigenvalue weighted by atomic mass is 10.1. The molecule has 0 aliphatic heterocycles. The van der Waals surface area contributed by atoms with Gasteiger partial charge in [0.05, 0.1) is 19.3 Å². The van der Waals surface area contributed by atoms with E-state index in [1.165, 1.54) is 23.5 Å². The van der Waals surface area contributed by atoms with E-state index in [2.05, 4.69) is 10.3 Å². The van der Waals surface area contributed by atoms with Crippen LogP contribution in [0.2, 0.25) is 0 Å². The molecule has 0 aliphatic rings. The first-order chi connectivity index (χ1) is 13.0. The quantitative estimate of drug-likeness (QED) is 0.543. The molecule has 0 spiro atoms. The van der Waals surface area contributed by atoms with Crippen molar-refractivity contribution in [2.24, 2.45) is 0 Å². The van der Waals surface area contributed by atoms with Gasteiger partial charge in [-0.1, -0.05) is 12.1 Å². The maximum absolute atomic E-state index is 12.1. The summed E-state index contributed by atoms with van der Waals surface area (Å²) in [6.45, 7) is 0.357. The number of hydrogen-bond acceptors (Lipinski definition) is 6. The number of hydrogen-bond donors (Lipinski definition) is 3. The number of aryl methyl sites for hydroxylation is 1. The predicted molar refractivity (Wildman–Crippen MR) is 104 cm³/mol. The van der Waals surface area contributed by atoms with Crippen molar-refractivity contribution in [3.05, 3.63) is 58.4 Å². The van der Waals surface area contributed by atoms with Gasteiger partial charge in [0, 0.05) is 17.4 Å². The Balaban J connectivity index is 1.50. The maximum Gasteiger partial charge on any atom is 0.220 e. The number of methoxy groups -OCH3 is 1. The molecule has 140 valence electrons. The third kappa shape index (κ3) is 4.98. The van der Waals surface area contributed by atoms with Crippen molar-refractivity contribution in [1.29, 1.82) is 0 Å². The molecule has 0 fully saturated rings. The number of benzene rings is 2. The van der Waals surface area contributed by atoms with Crippen LogP contribution >= 0.6 is 11.3 Å². The van der Waals surface area contributed by atoms with Crippen LogP contribution in [0.5, 0.6) is 17.2 Å². The Morgan fingerprint density at radius 3 is 2.63 bits per heavy atom. The molecule has 2 aromatic carbocycles. The third-order valence-corrected chi connectivity index (χ3v) is 4.91. The first-order valence-electron chi connectivity index (χ1n) is 8.41. The molecule has 0 atom stereocenters. The van der Waals surface area contributed by atoms with Crippen LogP contribution in [0.4, 0.5) is 0 Å². The number of amides is 1. The topological polar surface area (TPSA) is 91.7 Å². The molecule has 0 saturated heterocycles. The number of aromatic hydroxyl groups is 2. The second kappa shape index (κ2) is 8.55. The Hall–Kier alpha value is -3.06. The van der Waals surface area contributed by atoms with E-state index in [1.807, 2.05) is 29.6 Å². The highest BCUT2D eigenvalue weighted by atomic mass is 32.1. The van der Waals surface area contributed by atoms with Crippen molar-refractivity contribution in [2.45, 2.75) is 19.4 Å². The SMILES string of the molecule is COc1ccc(CCC(=O)NCc2nc(-c3ccc(O)c(O)c3)cs2)cc1. The average Bonchev–Trinajstić information content (AvgIpc) is 3.16. The number of carbonyl (C=O) groups is 1. The number of ether oxygens (including phenoxy) is 1. The Kier molecular flexibility index (Phi) is 5.93. The summed E-state index contributed by atoms with van der Waals surface area (Å²) in [5, 5.41) is 24.5. The highest BCUT2D eigenvalue weighted by Gasteiger charge is 2.09. The van der Waals surface area contributed by atoms with E-state index >= 15 is 0 Å². The van der Waals surface area contributed by atoms with Crippen LogP contribution in [0.25, 0.3) is 11.3 Å². The van der Waals surface area contributed by atoms with E-state index in [0.29, 0.717) is 30.6 Å². The van der Waals surface area contributed by atoms with Gasteiger partial charge in [0.25, 0.3) is 0 Å². The van der Waals surface area contributed by atoms with Crippen LogP contribution in [-0.4, -0.2) is 28.2 Å². The molecular weight excluding hydrogens is 364 g/mol. The van der Waals surface area contributed by atoms with Crippen molar-refractivity contribution in [3.8, 4) is 28.5 Å². The summed E-state index contributed by atoms with van der Waals surface area (Å²) >= 11 is 1.43. The van der Waals surface area contributed by atoms with Crippen molar-refractivity contribution >= 4 is 17.2 Å². The van der Waals surface area contributed by atoms with E-state index in [-0.39, 0.29) is 17.4 Å². The molecule has 0 bridgehead atoms. The second-order valence-electron chi connectivity index (χ2n) is 5.95. The number of thiazole rings is 1. The number of nitrogens with one attached hydrogen (secondary N) is 1. The predicted octanol–water partition coefficient (Wildman–Crippen LogP) is 3.48. The molecule has 27 heavy (non-hydrogen) atoms. The summed E-state index contributed by atoms with van der Waals surface area (Å²) in [6.07, 6.45) is 1.06. The van der Waals surface area contributed by atoms with E-state index < -0.39 is 0 Å². The monoisotopic (exact) mass is 384 g/mol. The minimum Gasteiger partial charge on any atom is -0.504 e. The molecule has 6 nitrogen and oxygen atoms in total. The largest absolute Gasteiger partial charge is 0.504 e. The minimum atomic E-state index is -0.186. The first-order valence-corrected chi connectivity index (χ1v) is 9.29. The zero-order valence-corrected chi connectivity index (χ0v) is 15.6. The Bertz CT molecular complexity index is 922. The summed E-state index contributed by atoms with van der Waals surface area (Å²) < 4.78 is 5.12. The standard InChI is InChI=1S/C20H20N2O4S/c1-26-15-6-2-13(3-7-15)4-9-19(25)21-11-20-22-16(12-27-20)14-5-8-17(23)18(24)10-14/h2-3,5-8,10,12,23-24H,4,9,11H2,1H3,(H,21,25). The van der Waals surface area contributed by atoms with E-state index in [4.69, 9.17) is 4.74 Å². The molecule has 1 amide bonds. The van der Waals surface area contributed by atoms with Crippen molar-refractivity contribution in [1.82, 2.24) is 10.3 Å². The van der Waals surface area contributed by atoms with Crippen LogP contribution in [0.1, 0.15) is 17.0 Å². The van der Waals surface area contributed by atoms with Crippen LogP contribution in [-0.2, 0) is 17.8 Å². The number of nitrogens with zero attached hydrogens (tertiary/aromatic N) is 1. The lowest BCUT2D eigenvalue weighted by molar-refractivity contribution is -0.121. The number of rotatable bonds is 7. The van der Waals surface area contributed by atoms with Crippen molar-refractivity contribution in [3.63, 3.8) is 0 Å². The molecule has 3 rings (SSSR count). The van der Waals surface area contributed by atoms with Crippen molar-refractivity contribution < 1.29 is 19.7 Å². The van der Waals surface area contributed by atoms with Gasteiger partial charge in [0.1, 0.15) is 10.8 Å². The van der Waals surface area contributed by atoms with Gasteiger partial charge in [-0.2, -0.15) is 0 Å². The van der Waals surface area contributed by atoms with Crippen LogP contribution in [0, 0.1) is 0 Å². The normalized spacial score (nSPS) is 10.6. The Morgan fingerprint density at radius 2 is 1.93 bits per heavy atom. The van der Waals surface area contributed by atoms with Gasteiger partial charge in [-0.25, -0.2) is 4.98 Å². The van der Waals surface area contributed by atoms with Crippen LogP contribution < -0.4 is 10.1 Å².